The highest BCUT2D eigenvalue weighted by molar-refractivity contribution is 5.20. The molecule has 4 atom stereocenters. The van der Waals surface area contributed by atoms with E-state index < -0.39 is 0 Å². The van der Waals surface area contributed by atoms with Gasteiger partial charge in [-0.2, -0.15) is 0 Å². The highest BCUT2D eigenvalue weighted by atomic mass is 16.9. The predicted octanol–water partition coefficient (Wildman–Crippen LogP) is 3.28. The topological polar surface area (TPSA) is 24.8 Å². The van der Waals surface area contributed by atoms with Crippen molar-refractivity contribution in [1.29, 1.82) is 0 Å². The van der Waals surface area contributed by atoms with Crippen molar-refractivity contribution < 1.29 is 9.57 Å². The number of hydrogen-bond acceptors (Lipinski definition) is 3. The summed E-state index contributed by atoms with van der Waals surface area (Å²) in [5, 5.41) is 2.13. The van der Waals surface area contributed by atoms with Crippen LogP contribution in [0.4, 0.5) is 0 Å². The van der Waals surface area contributed by atoms with E-state index in [4.69, 9.17) is 9.57 Å². The standard InChI is InChI=1S/C15H21NO2/c1-12(13-8-4-3-5-9-13)16-15(18-16)11-7-6-10-14(15)17-2/h3-5,8-9,12,14H,6-7,10-11H2,1-2H3/t12-,14+,15+,16?/m1/s1. The van der Waals surface area contributed by atoms with Crippen molar-refractivity contribution in [3.05, 3.63) is 35.9 Å². The lowest BCUT2D eigenvalue weighted by molar-refractivity contribution is 0.00143. The van der Waals surface area contributed by atoms with Crippen LogP contribution in [-0.4, -0.2) is 24.0 Å². The van der Waals surface area contributed by atoms with E-state index >= 15 is 0 Å². The summed E-state index contributed by atoms with van der Waals surface area (Å²) >= 11 is 0. The molecule has 2 fully saturated rings. The number of rotatable bonds is 3. The fraction of sp³-hybridized carbons (Fsp3) is 0.600. The lowest BCUT2D eigenvalue weighted by Crippen LogP contribution is -2.39. The molecule has 0 radical (unpaired) electrons. The van der Waals surface area contributed by atoms with Crippen LogP contribution in [0, 0.1) is 0 Å². The van der Waals surface area contributed by atoms with Crippen molar-refractivity contribution in [2.75, 3.05) is 7.11 Å². The average molecular weight is 247 g/mol. The summed E-state index contributed by atoms with van der Waals surface area (Å²) in [6.45, 7) is 2.20. The van der Waals surface area contributed by atoms with Gasteiger partial charge in [0.25, 0.3) is 0 Å². The Morgan fingerprint density at radius 2 is 2.11 bits per heavy atom. The molecule has 0 N–H and O–H groups in total. The van der Waals surface area contributed by atoms with Gasteiger partial charge in [0.1, 0.15) is 6.10 Å². The van der Waals surface area contributed by atoms with Crippen LogP contribution in [0.3, 0.4) is 0 Å². The summed E-state index contributed by atoms with van der Waals surface area (Å²) in [6.07, 6.45) is 4.89. The molecule has 1 aliphatic heterocycles. The predicted molar refractivity (Wildman–Crippen MR) is 69.8 cm³/mol. The lowest BCUT2D eigenvalue weighted by atomic mass is 9.89. The van der Waals surface area contributed by atoms with Crippen molar-refractivity contribution in [2.45, 2.75) is 50.5 Å². The van der Waals surface area contributed by atoms with Crippen LogP contribution in [0.1, 0.15) is 44.2 Å². The van der Waals surface area contributed by atoms with E-state index in [1.165, 1.54) is 18.4 Å². The van der Waals surface area contributed by atoms with Gasteiger partial charge < -0.3 is 4.74 Å². The van der Waals surface area contributed by atoms with Gasteiger partial charge >= 0.3 is 0 Å². The molecule has 3 rings (SSSR count). The van der Waals surface area contributed by atoms with E-state index in [2.05, 4.69) is 36.3 Å². The Labute approximate surface area is 109 Å². The van der Waals surface area contributed by atoms with Gasteiger partial charge in [-0.3, -0.25) is 4.84 Å². The summed E-state index contributed by atoms with van der Waals surface area (Å²) in [6, 6.07) is 10.8. The van der Waals surface area contributed by atoms with E-state index in [0.717, 1.165) is 12.8 Å². The second kappa shape index (κ2) is 4.65. The van der Waals surface area contributed by atoms with Crippen LogP contribution in [-0.2, 0) is 9.57 Å². The molecule has 1 saturated heterocycles. The number of hydroxylamine groups is 2. The lowest BCUT2D eigenvalue weighted by Gasteiger charge is -2.28. The molecule has 0 aromatic heterocycles. The minimum absolute atomic E-state index is 0.151. The van der Waals surface area contributed by atoms with E-state index in [1.54, 1.807) is 7.11 Å². The summed E-state index contributed by atoms with van der Waals surface area (Å²) in [4.78, 5) is 5.97. The zero-order valence-corrected chi connectivity index (χ0v) is 11.1. The minimum atomic E-state index is -0.151. The second-order valence-corrected chi connectivity index (χ2v) is 5.32. The third kappa shape index (κ3) is 1.87. The van der Waals surface area contributed by atoms with Gasteiger partial charge in [0.2, 0.25) is 0 Å². The quantitative estimate of drug-likeness (QED) is 0.766. The molecule has 1 aliphatic carbocycles. The second-order valence-electron chi connectivity index (χ2n) is 5.32. The molecule has 98 valence electrons. The van der Waals surface area contributed by atoms with Gasteiger partial charge in [-0.15, -0.1) is 5.06 Å². The third-order valence-electron chi connectivity index (χ3n) is 4.27. The van der Waals surface area contributed by atoms with Crippen molar-refractivity contribution >= 4 is 0 Å². The number of benzene rings is 1. The Bertz CT molecular complexity index is 408. The van der Waals surface area contributed by atoms with E-state index in [0.29, 0.717) is 6.04 Å². The Hall–Kier alpha value is -0.900. The molecule has 1 saturated carbocycles. The first-order valence-corrected chi connectivity index (χ1v) is 6.84. The fourth-order valence-corrected chi connectivity index (χ4v) is 3.18. The van der Waals surface area contributed by atoms with E-state index in [9.17, 15) is 0 Å². The molecule has 3 heteroatoms. The van der Waals surface area contributed by atoms with Crippen LogP contribution < -0.4 is 0 Å². The van der Waals surface area contributed by atoms with Crippen LogP contribution in [0.5, 0.6) is 0 Å². The Balaban J connectivity index is 1.76. The van der Waals surface area contributed by atoms with Gasteiger partial charge in [0.05, 0.1) is 6.04 Å². The molecular weight excluding hydrogens is 226 g/mol. The molecule has 18 heavy (non-hydrogen) atoms. The van der Waals surface area contributed by atoms with E-state index in [1.807, 2.05) is 6.07 Å². The summed E-state index contributed by atoms with van der Waals surface area (Å²) in [7, 11) is 1.80. The van der Waals surface area contributed by atoms with Gasteiger partial charge in [0.15, 0.2) is 5.72 Å². The maximum Gasteiger partial charge on any atom is 0.191 e. The Morgan fingerprint density at radius 3 is 2.83 bits per heavy atom. The number of ether oxygens (including phenoxy) is 1. The Kier molecular flexibility index (Phi) is 3.14. The average Bonchev–Trinajstić information content (AvgIpc) is 3.14. The summed E-state index contributed by atoms with van der Waals surface area (Å²) in [5.74, 6) is 0. The van der Waals surface area contributed by atoms with Gasteiger partial charge in [0, 0.05) is 7.11 Å². The van der Waals surface area contributed by atoms with Crippen LogP contribution in [0.25, 0.3) is 0 Å². The summed E-state index contributed by atoms with van der Waals surface area (Å²) in [5.41, 5.74) is 1.15. The first-order chi connectivity index (χ1) is 8.78. The van der Waals surface area contributed by atoms with Gasteiger partial charge in [-0.25, -0.2) is 0 Å². The molecule has 1 aromatic rings. The first kappa shape index (κ1) is 12.2. The van der Waals surface area contributed by atoms with E-state index in [-0.39, 0.29) is 11.8 Å². The van der Waals surface area contributed by atoms with Crippen molar-refractivity contribution in [3.63, 3.8) is 0 Å². The molecule has 1 heterocycles. The summed E-state index contributed by atoms with van der Waals surface area (Å²) < 4.78 is 5.62. The molecule has 1 aromatic carbocycles. The molecule has 0 amide bonds. The zero-order valence-electron chi connectivity index (χ0n) is 11.1. The number of nitrogens with zero attached hydrogens (tertiary/aromatic N) is 1. The van der Waals surface area contributed by atoms with Crippen LogP contribution >= 0.6 is 0 Å². The van der Waals surface area contributed by atoms with Crippen molar-refractivity contribution in [3.8, 4) is 0 Å². The maximum absolute atomic E-state index is 5.97. The monoisotopic (exact) mass is 247 g/mol. The first-order valence-electron chi connectivity index (χ1n) is 6.84. The number of methoxy groups -OCH3 is 1. The Morgan fingerprint density at radius 1 is 1.33 bits per heavy atom. The zero-order chi connectivity index (χ0) is 12.6. The smallest absolute Gasteiger partial charge is 0.191 e. The SMILES string of the molecule is CO[C@H]1CCCC[C@]12ON2[C@H](C)c1ccccc1. The highest BCUT2D eigenvalue weighted by Gasteiger charge is 2.63. The van der Waals surface area contributed by atoms with Gasteiger partial charge in [-0.1, -0.05) is 36.8 Å². The molecule has 1 spiro atoms. The molecule has 0 bridgehead atoms. The molecular formula is C15H21NO2. The number of hydrogen-bond donors (Lipinski definition) is 0. The fourth-order valence-electron chi connectivity index (χ4n) is 3.18. The van der Waals surface area contributed by atoms with Crippen LogP contribution in [0.15, 0.2) is 30.3 Å². The normalized spacial score (nSPS) is 36.6. The largest absolute Gasteiger partial charge is 0.377 e. The molecule has 1 unspecified atom stereocenters. The van der Waals surface area contributed by atoms with Crippen LogP contribution in [0.2, 0.25) is 0 Å². The minimum Gasteiger partial charge on any atom is -0.377 e. The van der Waals surface area contributed by atoms with Gasteiger partial charge in [-0.05, 0) is 31.7 Å². The highest BCUT2D eigenvalue weighted by Crippen LogP contribution is 2.52. The maximum atomic E-state index is 5.97. The van der Waals surface area contributed by atoms with Crippen molar-refractivity contribution in [1.82, 2.24) is 5.06 Å². The molecule has 2 aliphatic rings. The molecule has 3 nitrogen and oxygen atoms in total. The van der Waals surface area contributed by atoms with Crippen molar-refractivity contribution in [2.24, 2.45) is 0 Å². The third-order valence-corrected chi connectivity index (χ3v) is 4.27.